The van der Waals surface area contributed by atoms with Gasteiger partial charge in [0.2, 0.25) is 0 Å². The van der Waals surface area contributed by atoms with Crippen LogP contribution >= 0.6 is 11.3 Å². The molecule has 0 spiro atoms. The van der Waals surface area contributed by atoms with Crippen molar-refractivity contribution in [3.63, 3.8) is 0 Å². The zero-order valence-electron chi connectivity index (χ0n) is 13.2. The standard InChI is InChI=1S/C16H18F3N3OS/c1-8-7-10(16(17,18)19)22-15-11(8)12(20)13(24-15)14(23)21-9-5-3-2-4-6-9/h7,9H,2-6,20H2,1H3,(H,21,23). The summed E-state index contributed by atoms with van der Waals surface area (Å²) in [5.41, 5.74) is 5.65. The molecule has 0 bridgehead atoms. The summed E-state index contributed by atoms with van der Waals surface area (Å²) in [5.74, 6) is -0.324. The maximum Gasteiger partial charge on any atom is 0.433 e. The number of alkyl halides is 3. The lowest BCUT2D eigenvalue weighted by Crippen LogP contribution is -2.36. The van der Waals surface area contributed by atoms with Gasteiger partial charge in [0.15, 0.2) is 0 Å². The van der Waals surface area contributed by atoms with Crippen LogP contribution in [0.3, 0.4) is 0 Å². The van der Waals surface area contributed by atoms with Crippen molar-refractivity contribution < 1.29 is 18.0 Å². The second-order valence-corrected chi connectivity index (χ2v) is 7.15. The van der Waals surface area contributed by atoms with Crippen LogP contribution in [0.15, 0.2) is 6.07 Å². The van der Waals surface area contributed by atoms with E-state index in [1.165, 1.54) is 6.42 Å². The minimum atomic E-state index is -4.53. The molecule has 0 radical (unpaired) electrons. The van der Waals surface area contributed by atoms with Gasteiger partial charge in [-0.2, -0.15) is 13.2 Å². The molecule has 24 heavy (non-hydrogen) atoms. The highest BCUT2D eigenvalue weighted by molar-refractivity contribution is 7.21. The molecule has 8 heteroatoms. The molecule has 2 aromatic heterocycles. The number of thiophene rings is 1. The topological polar surface area (TPSA) is 68.0 Å². The Morgan fingerprint density at radius 2 is 2.00 bits per heavy atom. The summed E-state index contributed by atoms with van der Waals surface area (Å²) in [5, 5.41) is 3.37. The fourth-order valence-corrected chi connectivity index (χ4v) is 4.20. The Kier molecular flexibility index (Phi) is 4.42. The Bertz CT molecular complexity index is 779. The minimum absolute atomic E-state index is 0.107. The zero-order chi connectivity index (χ0) is 17.5. The van der Waals surface area contributed by atoms with Crippen LogP contribution in [0.2, 0.25) is 0 Å². The van der Waals surface area contributed by atoms with Gasteiger partial charge in [-0.15, -0.1) is 11.3 Å². The third kappa shape index (κ3) is 3.19. The van der Waals surface area contributed by atoms with Gasteiger partial charge in [0.05, 0.1) is 5.69 Å². The molecule has 0 atom stereocenters. The van der Waals surface area contributed by atoms with Crippen molar-refractivity contribution in [3.8, 4) is 0 Å². The Hall–Kier alpha value is -1.83. The predicted molar refractivity (Wildman–Crippen MR) is 88.1 cm³/mol. The molecule has 130 valence electrons. The number of anilines is 1. The normalized spacial score (nSPS) is 16.5. The highest BCUT2D eigenvalue weighted by Crippen LogP contribution is 2.38. The first kappa shape index (κ1) is 17.0. The number of nitrogens with two attached hydrogens (primary N) is 1. The fraction of sp³-hybridized carbons (Fsp3) is 0.500. The number of fused-ring (bicyclic) bond motifs is 1. The van der Waals surface area contributed by atoms with Crippen LogP contribution in [-0.2, 0) is 6.18 Å². The quantitative estimate of drug-likeness (QED) is 0.843. The second kappa shape index (κ2) is 6.23. The van der Waals surface area contributed by atoms with E-state index in [9.17, 15) is 18.0 Å². The molecule has 1 fully saturated rings. The van der Waals surface area contributed by atoms with Crippen LogP contribution in [0, 0.1) is 6.92 Å². The molecule has 1 aliphatic rings. The van der Waals surface area contributed by atoms with Crippen molar-refractivity contribution in [2.24, 2.45) is 0 Å². The summed E-state index contributed by atoms with van der Waals surface area (Å²) in [6, 6.07) is 1.07. The number of carbonyl (C=O) groups excluding carboxylic acids is 1. The molecular weight excluding hydrogens is 339 g/mol. The first-order valence-electron chi connectivity index (χ1n) is 7.85. The van der Waals surface area contributed by atoms with E-state index in [2.05, 4.69) is 10.3 Å². The predicted octanol–water partition coefficient (Wildman–Crippen LogP) is 4.27. The van der Waals surface area contributed by atoms with Gasteiger partial charge >= 0.3 is 6.18 Å². The van der Waals surface area contributed by atoms with Gasteiger partial charge in [0, 0.05) is 11.4 Å². The van der Waals surface area contributed by atoms with Crippen molar-refractivity contribution in [2.45, 2.75) is 51.2 Å². The zero-order valence-corrected chi connectivity index (χ0v) is 14.0. The van der Waals surface area contributed by atoms with Crippen molar-refractivity contribution in [2.75, 3.05) is 5.73 Å². The van der Waals surface area contributed by atoms with E-state index in [1.807, 2.05) is 0 Å². The van der Waals surface area contributed by atoms with Crippen LogP contribution in [0.25, 0.3) is 10.2 Å². The summed E-state index contributed by atoms with van der Waals surface area (Å²) in [4.78, 5) is 16.5. The average molecular weight is 357 g/mol. The van der Waals surface area contributed by atoms with E-state index in [-0.39, 0.29) is 27.3 Å². The number of aromatic nitrogens is 1. The van der Waals surface area contributed by atoms with Gasteiger partial charge in [0.25, 0.3) is 5.91 Å². The number of nitrogens with one attached hydrogen (secondary N) is 1. The van der Waals surface area contributed by atoms with Crippen LogP contribution in [0.5, 0.6) is 0 Å². The van der Waals surface area contributed by atoms with E-state index < -0.39 is 11.9 Å². The van der Waals surface area contributed by atoms with Crippen LogP contribution in [0.1, 0.15) is 53.0 Å². The maximum absolute atomic E-state index is 12.9. The number of pyridine rings is 1. The lowest BCUT2D eigenvalue weighted by atomic mass is 9.95. The van der Waals surface area contributed by atoms with Crippen LogP contribution < -0.4 is 11.1 Å². The molecule has 3 N–H and O–H groups in total. The van der Waals surface area contributed by atoms with Gasteiger partial charge in [-0.1, -0.05) is 19.3 Å². The highest BCUT2D eigenvalue weighted by Gasteiger charge is 2.34. The lowest BCUT2D eigenvalue weighted by Gasteiger charge is -2.22. The number of hydrogen-bond donors (Lipinski definition) is 2. The Morgan fingerprint density at radius 3 is 2.62 bits per heavy atom. The Morgan fingerprint density at radius 1 is 1.33 bits per heavy atom. The SMILES string of the molecule is Cc1cc(C(F)(F)F)nc2sc(C(=O)NC3CCCCC3)c(N)c12. The summed E-state index contributed by atoms with van der Waals surface area (Å²) in [6.07, 6.45) is 0.631. The van der Waals surface area contributed by atoms with Crippen molar-refractivity contribution >= 4 is 33.1 Å². The van der Waals surface area contributed by atoms with Gasteiger partial charge in [-0.05, 0) is 31.4 Å². The molecule has 2 heterocycles. The largest absolute Gasteiger partial charge is 0.433 e. The number of nitrogen functional groups attached to an aromatic ring is 1. The first-order chi connectivity index (χ1) is 11.3. The van der Waals surface area contributed by atoms with E-state index in [4.69, 9.17) is 5.73 Å². The van der Waals surface area contributed by atoms with Crippen molar-refractivity contribution in [1.29, 1.82) is 0 Å². The van der Waals surface area contributed by atoms with Crippen molar-refractivity contribution in [1.82, 2.24) is 10.3 Å². The molecule has 0 unspecified atom stereocenters. The van der Waals surface area contributed by atoms with Gasteiger partial charge in [-0.3, -0.25) is 4.79 Å². The molecule has 4 nitrogen and oxygen atoms in total. The Balaban J connectivity index is 1.95. The Labute approximate surface area is 141 Å². The van der Waals surface area contributed by atoms with Gasteiger partial charge in [-0.25, -0.2) is 4.98 Å². The number of amides is 1. The van der Waals surface area contributed by atoms with Gasteiger partial charge in [0.1, 0.15) is 15.4 Å². The summed E-state index contributed by atoms with van der Waals surface area (Å²) in [6.45, 7) is 1.55. The van der Waals surface area contributed by atoms with Crippen LogP contribution in [0.4, 0.5) is 18.9 Å². The minimum Gasteiger partial charge on any atom is -0.397 e. The summed E-state index contributed by atoms with van der Waals surface area (Å²) < 4.78 is 38.7. The molecule has 0 aromatic carbocycles. The van der Waals surface area contributed by atoms with E-state index in [0.717, 1.165) is 43.1 Å². The summed E-state index contributed by atoms with van der Waals surface area (Å²) >= 11 is 0.917. The average Bonchev–Trinajstić information content (AvgIpc) is 2.85. The van der Waals surface area contributed by atoms with Gasteiger partial charge < -0.3 is 11.1 Å². The number of halogens is 3. The second-order valence-electron chi connectivity index (χ2n) is 6.16. The molecule has 0 aliphatic heterocycles. The number of nitrogens with zero attached hydrogens (tertiary/aromatic N) is 1. The third-order valence-corrected chi connectivity index (χ3v) is 5.43. The van der Waals surface area contributed by atoms with E-state index in [0.29, 0.717) is 10.9 Å². The maximum atomic E-state index is 12.9. The molecule has 1 saturated carbocycles. The monoisotopic (exact) mass is 357 g/mol. The molecule has 3 rings (SSSR count). The number of hydrogen-bond acceptors (Lipinski definition) is 4. The lowest BCUT2D eigenvalue weighted by molar-refractivity contribution is -0.141. The number of aryl methyl sites for hydroxylation is 1. The number of carbonyl (C=O) groups is 1. The smallest absolute Gasteiger partial charge is 0.397 e. The van der Waals surface area contributed by atoms with Crippen LogP contribution in [-0.4, -0.2) is 16.9 Å². The fourth-order valence-electron chi connectivity index (χ4n) is 3.12. The number of rotatable bonds is 2. The molecule has 2 aromatic rings. The van der Waals surface area contributed by atoms with E-state index in [1.54, 1.807) is 6.92 Å². The molecule has 1 aliphatic carbocycles. The van der Waals surface area contributed by atoms with Crippen molar-refractivity contribution in [3.05, 3.63) is 22.2 Å². The molecule has 1 amide bonds. The summed E-state index contributed by atoms with van der Waals surface area (Å²) in [7, 11) is 0. The first-order valence-corrected chi connectivity index (χ1v) is 8.66. The highest BCUT2D eigenvalue weighted by atomic mass is 32.1. The third-order valence-electron chi connectivity index (χ3n) is 4.33. The van der Waals surface area contributed by atoms with E-state index >= 15 is 0 Å². The molecular formula is C16H18F3N3OS. The molecule has 0 saturated heterocycles.